The predicted octanol–water partition coefficient (Wildman–Crippen LogP) is 3.80. The summed E-state index contributed by atoms with van der Waals surface area (Å²) in [5.41, 5.74) is 0.492. The van der Waals surface area contributed by atoms with E-state index < -0.39 is 11.4 Å². The van der Waals surface area contributed by atoms with Crippen molar-refractivity contribution in [1.29, 1.82) is 0 Å². The zero-order valence-electron chi connectivity index (χ0n) is 10.5. The first kappa shape index (κ1) is 15.7. The molecule has 0 aliphatic heterocycles. The average Bonchev–Trinajstić information content (AvgIpc) is 2.29. The summed E-state index contributed by atoms with van der Waals surface area (Å²) in [6.07, 6.45) is 0.611. The number of hydrogen-bond donors (Lipinski definition) is 2. The molecule has 0 bridgehead atoms. The second kappa shape index (κ2) is 6.68. The van der Waals surface area contributed by atoms with Gasteiger partial charge in [0.25, 0.3) is 0 Å². The lowest BCUT2D eigenvalue weighted by atomic mass is 9.90. The Kier molecular flexibility index (Phi) is 5.82. The van der Waals surface area contributed by atoms with Gasteiger partial charge in [0.2, 0.25) is 0 Å². The van der Waals surface area contributed by atoms with Gasteiger partial charge in [0.1, 0.15) is 0 Å². The topological polar surface area (TPSA) is 49.3 Å². The fourth-order valence-corrected chi connectivity index (χ4v) is 2.06. The number of halogens is 2. The number of carbonyl (C=O) groups is 1. The Hall–Kier alpha value is -0.390. The number of nitrogens with one attached hydrogen (secondary N) is 1. The Labute approximate surface area is 124 Å². The van der Waals surface area contributed by atoms with Crippen LogP contribution in [0.4, 0.5) is 0 Å². The maximum atomic E-state index is 10.9. The van der Waals surface area contributed by atoms with Crippen molar-refractivity contribution in [3.05, 3.63) is 32.7 Å². The highest BCUT2D eigenvalue weighted by Crippen LogP contribution is 2.24. The van der Waals surface area contributed by atoms with Crippen LogP contribution in [0.15, 0.2) is 27.1 Å². The molecule has 0 amide bonds. The Morgan fingerprint density at radius 3 is 2.56 bits per heavy atom. The predicted molar refractivity (Wildman–Crippen MR) is 79.6 cm³/mol. The summed E-state index contributed by atoms with van der Waals surface area (Å²) in [4.78, 5) is 10.9. The molecule has 100 valence electrons. The zero-order valence-corrected chi connectivity index (χ0v) is 13.6. The molecular formula is C13H17Br2NO2. The molecule has 1 aromatic carbocycles. The first-order valence-corrected chi connectivity index (χ1v) is 7.29. The Morgan fingerprint density at radius 1 is 1.33 bits per heavy atom. The molecule has 0 unspecified atom stereocenters. The van der Waals surface area contributed by atoms with E-state index in [1.54, 1.807) is 13.8 Å². The van der Waals surface area contributed by atoms with Gasteiger partial charge in [-0.05, 0) is 76.4 Å². The monoisotopic (exact) mass is 377 g/mol. The summed E-state index contributed by atoms with van der Waals surface area (Å²) < 4.78 is 2.05. The number of hydrogen-bond acceptors (Lipinski definition) is 2. The van der Waals surface area contributed by atoms with Crippen molar-refractivity contribution in [3.8, 4) is 0 Å². The van der Waals surface area contributed by atoms with Crippen LogP contribution in [0.1, 0.15) is 25.8 Å². The lowest BCUT2D eigenvalue weighted by molar-refractivity contribution is -0.147. The van der Waals surface area contributed by atoms with E-state index >= 15 is 0 Å². The fraction of sp³-hybridized carbons (Fsp3) is 0.462. The van der Waals surface area contributed by atoms with E-state index in [0.29, 0.717) is 13.0 Å². The molecule has 0 spiro atoms. The van der Waals surface area contributed by atoms with Crippen LogP contribution in [0.5, 0.6) is 0 Å². The van der Waals surface area contributed by atoms with Crippen molar-refractivity contribution < 1.29 is 9.90 Å². The van der Waals surface area contributed by atoms with Crippen molar-refractivity contribution in [2.75, 3.05) is 6.54 Å². The van der Waals surface area contributed by atoms with Gasteiger partial charge in [-0.15, -0.1) is 0 Å². The number of aliphatic carboxylic acids is 1. The third-order valence-electron chi connectivity index (χ3n) is 2.82. The van der Waals surface area contributed by atoms with Gasteiger partial charge in [0, 0.05) is 15.5 Å². The molecule has 0 saturated heterocycles. The Morgan fingerprint density at radius 2 is 2.00 bits per heavy atom. The molecule has 18 heavy (non-hydrogen) atoms. The van der Waals surface area contributed by atoms with E-state index in [9.17, 15) is 4.79 Å². The summed E-state index contributed by atoms with van der Waals surface area (Å²) in [6.45, 7) is 4.91. The van der Waals surface area contributed by atoms with Gasteiger partial charge < -0.3 is 10.4 Å². The van der Waals surface area contributed by atoms with Gasteiger partial charge in [0.05, 0.1) is 5.41 Å². The van der Waals surface area contributed by atoms with Gasteiger partial charge >= 0.3 is 5.97 Å². The first-order valence-electron chi connectivity index (χ1n) is 5.71. The molecule has 1 aromatic rings. The van der Waals surface area contributed by atoms with Gasteiger partial charge in [-0.1, -0.05) is 6.07 Å². The third kappa shape index (κ3) is 4.71. The molecule has 1 rings (SSSR count). The van der Waals surface area contributed by atoms with Gasteiger partial charge in [-0.25, -0.2) is 0 Å². The molecule has 0 radical (unpaired) electrons. The second-order valence-electron chi connectivity index (χ2n) is 4.86. The molecule has 2 N–H and O–H groups in total. The van der Waals surface area contributed by atoms with Gasteiger partial charge in [0.15, 0.2) is 0 Å². The lowest BCUT2D eigenvalue weighted by Gasteiger charge is -2.19. The van der Waals surface area contributed by atoms with E-state index in [1.807, 2.05) is 18.2 Å². The molecule has 0 aromatic heterocycles. The maximum Gasteiger partial charge on any atom is 0.309 e. The second-order valence-corrected chi connectivity index (χ2v) is 6.57. The van der Waals surface area contributed by atoms with Crippen molar-refractivity contribution in [2.24, 2.45) is 5.41 Å². The summed E-state index contributed by atoms with van der Waals surface area (Å²) in [5, 5.41) is 12.2. The molecule has 0 aliphatic rings. The quantitative estimate of drug-likeness (QED) is 0.740. The largest absolute Gasteiger partial charge is 0.481 e. The highest BCUT2D eigenvalue weighted by Gasteiger charge is 2.25. The highest BCUT2D eigenvalue weighted by atomic mass is 79.9. The van der Waals surface area contributed by atoms with E-state index in [1.165, 1.54) is 5.56 Å². The summed E-state index contributed by atoms with van der Waals surface area (Å²) >= 11 is 6.87. The van der Waals surface area contributed by atoms with Crippen LogP contribution in [0.25, 0.3) is 0 Å². The van der Waals surface area contributed by atoms with E-state index in [0.717, 1.165) is 15.5 Å². The van der Waals surface area contributed by atoms with Crippen LogP contribution in [0.3, 0.4) is 0 Å². The minimum Gasteiger partial charge on any atom is -0.481 e. The smallest absolute Gasteiger partial charge is 0.309 e. The summed E-state index contributed by atoms with van der Waals surface area (Å²) in [7, 11) is 0. The molecule has 3 nitrogen and oxygen atoms in total. The average molecular weight is 379 g/mol. The van der Waals surface area contributed by atoms with Crippen molar-refractivity contribution in [2.45, 2.75) is 26.8 Å². The fourth-order valence-electron chi connectivity index (χ4n) is 1.39. The van der Waals surface area contributed by atoms with E-state index in [4.69, 9.17) is 5.11 Å². The molecule has 0 aliphatic carbocycles. The standard InChI is InChI=1S/C13H17Br2NO2/c1-13(2,12(17)18)5-6-16-8-9-3-4-10(14)11(15)7-9/h3-4,7,16H,5-6,8H2,1-2H3,(H,17,18). The summed E-state index contributed by atoms with van der Waals surface area (Å²) in [5.74, 6) is -0.754. The Bertz CT molecular complexity index is 433. The Balaban J connectivity index is 2.38. The number of carboxylic acids is 1. The number of rotatable bonds is 6. The normalized spacial score (nSPS) is 11.6. The maximum absolute atomic E-state index is 10.9. The summed E-state index contributed by atoms with van der Waals surface area (Å²) in [6, 6.07) is 6.06. The van der Waals surface area contributed by atoms with Crippen LogP contribution in [0.2, 0.25) is 0 Å². The van der Waals surface area contributed by atoms with Crippen molar-refractivity contribution in [1.82, 2.24) is 5.32 Å². The third-order valence-corrected chi connectivity index (χ3v) is 4.70. The van der Waals surface area contributed by atoms with Crippen molar-refractivity contribution >= 4 is 37.8 Å². The zero-order chi connectivity index (χ0) is 13.8. The van der Waals surface area contributed by atoms with E-state index in [2.05, 4.69) is 37.2 Å². The van der Waals surface area contributed by atoms with Crippen LogP contribution >= 0.6 is 31.9 Å². The molecule has 0 atom stereocenters. The molecular weight excluding hydrogens is 362 g/mol. The van der Waals surface area contributed by atoms with Crippen LogP contribution < -0.4 is 5.32 Å². The van der Waals surface area contributed by atoms with Crippen LogP contribution in [-0.4, -0.2) is 17.6 Å². The first-order chi connectivity index (χ1) is 8.33. The number of benzene rings is 1. The van der Waals surface area contributed by atoms with Crippen LogP contribution in [0, 0.1) is 5.41 Å². The molecule has 0 fully saturated rings. The lowest BCUT2D eigenvalue weighted by Crippen LogP contribution is -2.28. The minimum atomic E-state index is -0.754. The minimum absolute atomic E-state index is 0.611. The molecule has 0 saturated carbocycles. The van der Waals surface area contributed by atoms with E-state index in [-0.39, 0.29) is 0 Å². The molecule has 0 heterocycles. The van der Waals surface area contributed by atoms with Gasteiger partial charge in [-0.3, -0.25) is 4.79 Å². The van der Waals surface area contributed by atoms with Gasteiger partial charge in [-0.2, -0.15) is 0 Å². The number of carboxylic acid groups (broad SMARTS) is 1. The van der Waals surface area contributed by atoms with Crippen LogP contribution in [-0.2, 0) is 11.3 Å². The molecule has 5 heteroatoms. The van der Waals surface area contributed by atoms with Crippen molar-refractivity contribution in [3.63, 3.8) is 0 Å². The highest BCUT2D eigenvalue weighted by molar-refractivity contribution is 9.13. The SMILES string of the molecule is CC(C)(CCNCc1ccc(Br)c(Br)c1)C(=O)O.